The summed E-state index contributed by atoms with van der Waals surface area (Å²) >= 11 is 0. The van der Waals surface area contributed by atoms with Gasteiger partial charge in [-0.25, -0.2) is 0 Å². The van der Waals surface area contributed by atoms with Gasteiger partial charge in [-0.1, -0.05) is 0 Å². The molecule has 1 saturated heterocycles. The molecular weight excluding hydrogens is 406 g/mol. The van der Waals surface area contributed by atoms with Crippen LogP contribution in [-0.2, 0) is 7.05 Å². The zero-order chi connectivity index (χ0) is 22.7. The van der Waals surface area contributed by atoms with Crippen LogP contribution in [0, 0.1) is 0 Å². The molecule has 1 fully saturated rings. The van der Waals surface area contributed by atoms with Crippen molar-refractivity contribution in [1.82, 2.24) is 9.47 Å². The maximum Gasteiger partial charge on any atom is 0.193 e. The van der Waals surface area contributed by atoms with Crippen molar-refractivity contribution in [2.75, 3.05) is 46.2 Å². The van der Waals surface area contributed by atoms with E-state index >= 15 is 0 Å². The molecule has 0 amide bonds. The van der Waals surface area contributed by atoms with E-state index in [1.165, 1.54) is 25.9 Å². The molecule has 1 aromatic heterocycles. The Hall–Kier alpha value is -3.19. The lowest BCUT2D eigenvalue weighted by molar-refractivity contribution is 0.264. The molecule has 0 radical (unpaired) electrons. The van der Waals surface area contributed by atoms with Crippen LogP contribution in [0.15, 0.2) is 41.2 Å². The number of anilines is 1. The molecule has 3 aromatic rings. The Bertz CT molecular complexity index is 1170. The lowest BCUT2D eigenvalue weighted by atomic mass is 10.1. The monoisotopic (exact) mass is 437 g/mol. The second-order valence-corrected chi connectivity index (χ2v) is 8.18. The van der Waals surface area contributed by atoms with E-state index in [0.29, 0.717) is 34.9 Å². The average molecular weight is 438 g/mol. The molecule has 32 heavy (non-hydrogen) atoms. The van der Waals surface area contributed by atoms with Crippen LogP contribution in [0.3, 0.4) is 0 Å². The predicted molar refractivity (Wildman–Crippen MR) is 128 cm³/mol. The van der Waals surface area contributed by atoms with Crippen molar-refractivity contribution >= 4 is 16.6 Å². The Morgan fingerprint density at radius 1 is 1.00 bits per heavy atom. The highest BCUT2D eigenvalue weighted by Gasteiger charge is 2.16. The van der Waals surface area contributed by atoms with Gasteiger partial charge in [0.1, 0.15) is 17.2 Å². The maximum absolute atomic E-state index is 12.9. The summed E-state index contributed by atoms with van der Waals surface area (Å²) in [6, 6.07) is 10.8. The van der Waals surface area contributed by atoms with Gasteiger partial charge >= 0.3 is 0 Å². The summed E-state index contributed by atoms with van der Waals surface area (Å²) in [6.07, 6.45) is 3.57. The van der Waals surface area contributed by atoms with Crippen molar-refractivity contribution < 1.29 is 14.2 Å². The largest absolute Gasteiger partial charge is 0.497 e. The molecule has 0 bridgehead atoms. The Labute approximate surface area is 188 Å². The highest BCUT2D eigenvalue weighted by molar-refractivity contribution is 5.89. The number of hydrogen-bond donors (Lipinski definition) is 1. The number of rotatable bonds is 8. The topological polar surface area (TPSA) is 79.0 Å². The van der Waals surface area contributed by atoms with Gasteiger partial charge in [0.25, 0.3) is 0 Å². The average Bonchev–Trinajstić information content (AvgIpc) is 3.32. The lowest BCUT2D eigenvalue weighted by Gasteiger charge is -2.17. The molecule has 2 heterocycles. The van der Waals surface area contributed by atoms with E-state index in [2.05, 4.69) is 4.90 Å². The zero-order valence-electron chi connectivity index (χ0n) is 19.0. The number of likely N-dealkylation sites (tertiary alicyclic amines) is 1. The highest BCUT2D eigenvalue weighted by Crippen LogP contribution is 2.33. The fourth-order valence-corrected chi connectivity index (χ4v) is 4.38. The first-order chi connectivity index (χ1) is 15.5. The van der Waals surface area contributed by atoms with Crippen molar-refractivity contribution in [1.29, 1.82) is 0 Å². The second kappa shape index (κ2) is 9.53. The van der Waals surface area contributed by atoms with E-state index in [-0.39, 0.29) is 5.43 Å². The lowest BCUT2D eigenvalue weighted by Crippen LogP contribution is -2.22. The minimum absolute atomic E-state index is 0.117. The van der Waals surface area contributed by atoms with E-state index in [0.717, 1.165) is 29.7 Å². The molecular formula is C25H31N3O4. The van der Waals surface area contributed by atoms with Crippen LogP contribution >= 0.6 is 0 Å². The normalized spacial score (nSPS) is 14.1. The molecule has 7 nitrogen and oxygen atoms in total. The highest BCUT2D eigenvalue weighted by atomic mass is 16.5. The van der Waals surface area contributed by atoms with Gasteiger partial charge in [0, 0.05) is 37.4 Å². The summed E-state index contributed by atoms with van der Waals surface area (Å²) in [5.74, 6) is 1.78. The summed E-state index contributed by atoms with van der Waals surface area (Å²) in [6.45, 7) is 4.08. The van der Waals surface area contributed by atoms with Gasteiger partial charge < -0.3 is 29.4 Å². The van der Waals surface area contributed by atoms with Crippen LogP contribution in [0.5, 0.6) is 17.2 Å². The molecule has 0 aliphatic carbocycles. The molecule has 0 atom stereocenters. The minimum atomic E-state index is -0.117. The fraction of sp³-hybridized carbons (Fsp3) is 0.400. The standard InChI is InChI=1S/C25H31N3O4/c1-27-20(16-22(29)25-21(27)14-18(30-2)15-24(25)31-3)17-7-8-23(19(26)13-17)32-12-6-11-28-9-4-5-10-28/h7-8,13-16H,4-6,9-12,26H2,1-3H3. The molecule has 2 aromatic carbocycles. The summed E-state index contributed by atoms with van der Waals surface area (Å²) in [5.41, 5.74) is 9.05. The number of methoxy groups -OCH3 is 2. The molecule has 7 heteroatoms. The number of nitrogens with two attached hydrogens (primary N) is 1. The SMILES string of the molecule is COc1cc(OC)c2c(=O)cc(-c3ccc(OCCCN4CCCC4)c(N)c3)n(C)c2c1. The Morgan fingerprint density at radius 2 is 1.78 bits per heavy atom. The van der Waals surface area contributed by atoms with Crippen LogP contribution in [-0.4, -0.2) is 49.9 Å². The third kappa shape index (κ3) is 4.39. The van der Waals surface area contributed by atoms with Crippen LogP contribution in [0.25, 0.3) is 22.2 Å². The van der Waals surface area contributed by atoms with E-state index in [9.17, 15) is 4.79 Å². The number of ether oxygens (including phenoxy) is 3. The van der Waals surface area contributed by atoms with Gasteiger partial charge in [0.05, 0.1) is 43.1 Å². The Balaban J connectivity index is 1.59. The van der Waals surface area contributed by atoms with Gasteiger partial charge in [0.15, 0.2) is 5.43 Å². The Kier molecular flexibility index (Phi) is 6.55. The zero-order valence-corrected chi connectivity index (χ0v) is 19.0. The number of benzene rings is 2. The number of aromatic nitrogens is 1. The maximum atomic E-state index is 12.9. The van der Waals surface area contributed by atoms with Crippen molar-refractivity contribution in [2.24, 2.45) is 7.05 Å². The van der Waals surface area contributed by atoms with Crippen LogP contribution < -0.4 is 25.4 Å². The van der Waals surface area contributed by atoms with Gasteiger partial charge in [-0.2, -0.15) is 0 Å². The smallest absolute Gasteiger partial charge is 0.193 e. The first-order valence-corrected chi connectivity index (χ1v) is 11.0. The third-order valence-electron chi connectivity index (χ3n) is 6.13. The number of nitrogen functional groups attached to an aromatic ring is 1. The number of fused-ring (bicyclic) bond motifs is 1. The third-order valence-corrected chi connectivity index (χ3v) is 6.13. The molecule has 1 aliphatic rings. The molecule has 2 N–H and O–H groups in total. The number of pyridine rings is 1. The number of aryl methyl sites for hydroxylation is 1. The van der Waals surface area contributed by atoms with Crippen molar-refractivity contribution in [3.8, 4) is 28.5 Å². The first-order valence-electron chi connectivity index (χ1n) is 11.0. The van der Waals surface area contributed by atoms with Crippen molar-refractivity contribution in [3.05, 3.63) is 46.6 Å². The van der Waals surface area contributed by atoms with E-state index in [1.807, 2.05) is 35.9 Å². The Morgan fingerprint density at radius 3 is 2.47 bits per heavy atom. The first kappa shape index (κ1) is 22.0. The van der Waals surface area contributed by atoms with Gasteiger partial charge in [-0.05, 0) is 50.6 Å². The molecule has 0 spiro atoms. The van der Waals surface area contributed by atoms with Crippen LogP contribution in [0.2, 0.25) is 0 Å². The second-order valence-electron chi connectivity index (χ2n) is 8.18. The summed E-state index contributed by atoms with van der Waals surface area (Å²) in [7, 11) is 5.05. The summed E-state index contributed by atoms with van der Waals surface area (Å²) in [4.78, 5) is 15.4. The molecule has 170 valence electrons. The predicted octanol–water partition coefficient (Wildman–Crippen LogP) is 3.67. The number of hydrogen-bond acceptors (Lipinski definition) is 6. The summed E-state index contributed by atoms with van der Waals surface area (Å²) in [5, 5.41) is 0.519. The fourth-order valence-electron chi connectivity index (χ4n) is 4.38. The minimum Gasteiger partial charge on any atom is -0.497 e. The van der Waals surface area contributed by atoms with E-state index < -0.39 is 0 Å². The molecule has 0 unspecified atom stereocenters. The van der Waals surface area contributed by atoms with E-state index in [4.69, 9.17) is 19.9 Å². The quantitative estimate of drug-likeness (QED) is 0.428. The molecule has 0 saturated carbocycles. The molecule has 4 rings (SSSR count). The van der Waals surface area contributed by atoms with Crippen molar-refractivity contribution in [2.45, 2.75) is 19.3 Å². The van der Waals surface area contributed by atoms with E-state index in [1.54, 1.807) is 26.4 Å². The molecule has 1 aliphatic heterocycles. The van der Waals surface area contributed by atoms with Crippen molar-refractivity contribution in [3.63, 3.8) is 0 Å². The van der Waals surface area contributed by atoms with Gasteiger partial charge in [0.2, 0.25) is 0 Å². The van der Waals surface area contributed by atoms with Crippen LogP contribution in [0.4, 0.5) is 5.69 Å². The summed E-state index contributed by atoms with van der Waals surface area (Å²) < 4.78 is 18.7. The van der Waals surface area contributed by atoms with Gasteiger partial charge in [-0.3, -0.25) is 4.79 Å². The van der Waals surface area contributed by atoms with Gasteiger partial charge in [-0.15, -0.1) is 0 Å². The number of nitrogens with zero attached hydrogens (tertiary/aromatic N) is 2. The van der Waals surface area contributed by atoms with Crippen LogP contribution in [0.1, 0.15) is 19.3 Å².